The number of aromatic nitrogens is 1. The molecular weight excluding hydrogens is 323 g/mol. The topological polar surface area (TPSA) is 132 Å². The molecule has 6 nitrogen and oxygen atoms in total. The third-order valence-electron chi connectivity index (χ3n) is 3.07. The molecule has 0 fully saturated rings. The third-order valence-corrected chi connectivity index (χ3v) is 3.07. The first kappa shape index (κ1) is 19.1. The number of nitrogens with one attached hydrogen (secondary N) is 1. The molecule has 0 aliphatic heterocycles. The van der Waals surface area contributed by atoms with Crippen molar-refractivity contribution >= 4 is 24.0 Å². The van der Waals surface area contributed by atoms with Crippen LogP contribution < -0.4 is 17.2 Å². The number of alkyl halides is 3. The van der Waals surface area contributed by atoms with Gasteiger partial charge in [0, 0.05) is 29.2 Å². The summed E-state index contributed by atoms with van der Waals surface area (Å²) >= 11 is 0. The fourth-order valence-electron chi connectivity index (χ4n) is 1.97. The molecule has 2 rings (SSSR count). The number of carbonyl (C=O) groups is 1. The quantitative estimate of drug-likeness (QED) is 0.387. The van der Waals surface area contributed by atoms with Crippen LogP contribution in [0.1, 0.15) is 21.5 Å². The summed E-state index contributed by atoms with van der Waals surface area (Å²) in [5.74, 6) is -0.0323. The second-order valence-electron chi connectivity index (χ2n) is 4.49. The van der Waals surface area contributed by atoms with Crippen molar-refractivity contribution in [2.75, 3.05) is 18.5 Å². The van der Waals surface area contributed by atoms with Crippen LogP contribution in [0.2, 0.25) is 0 Å². The molecule has 0 spiro atoms. The second-order valence-corrected chi connectivity index (χ2v) is 4.49. The van der Waals surface area contributed by atoms with E-state index in [2.05, 4.69) is 10.7 Å². The Morgan fingerprint density at radius 3 is 2.29 bits per heavy atom. The monoisotopic (exact) mass is 339 g/mol. The van der Waals surface area contributed by atoms with E-state index in [0.717, 1.165) is 18.3 Å². The first-order valence-electron chi connectivity index (χ1n) is 6.58. The Morgan fingerprint density at radius 2 is 1.79 bits per heavy atom. The maximum absolute atomic E-state index is 12.9. The molecule has 7 N–H and O–H groups in total. The van der Waals surface area contributed by atoms with E-state index in [-0.39, 0.29) is 33.8 Å². The van der Waals surface area contributed by atoms with Gasteiger partial charge in [0.15, 0.2) is 6.29 Å². The van der Waals surface area contributed by atoms with Gasteiger partial charge in [0.25, 0.3) is 0 Å². The number of halogens is 3. The van der Waals surface area contributed by atoms with E-state index in [1.54, 1.807) is 0 Å². The summed E-state index contributed by atoms with van der Waals surface area (Å²) in [6.45, 7) is 0. The Hall–Kier alpha value is -2.94. The molecule has 1 aromatic carbocycles. The Bertz CT molecular complexity index is 760. The van der Waals surface area contributed by atoms with E-state index in [9.17, 15) is 18.0 Å². The van der Waals surface area contributed by atoms with Crippen LogP contribution in [0.15, 0.2) is 24.4 Å². The highest BCUT2D eigenvalue weighted by atomic mass is 19.4. The molecule has 1 aromatic heterocycles. The molecule has 0 aliphatic carbocycles. The molecule has 0 saturated carbocycles. The summed E-state index contributed by atoms with van der Waals surface area (Å²) < 4.78 is 38.7. The maximum Gasteiger partial charge on any atom is 0.416 e. The van der Waals surface area contributed by atoms with E-state index in [0.29, 0.717) is 6.29 Å². The van der Waals surface area contributed by atoms with Gasteiger partial charge in [-0.3, -0.25) is 4.79 Å². The van der Waals surface area contributed by atoms with E-state index < -0.39 is 11.7 Å². The fourth-order valence-corrected chi connectivity index (χ4v) is 1.97. The van der Waals surface area contributed by atoms with Crippen molar-refractivity contribution in [3.8, 4) is 11.1 Å². The molecule has 0 saturated heterocycles. The summed E-state index contributed by atoms with van der Waals surface area (Å²) in [5.41, 5.74) is 14.9. The summed E-state index contributed by atoms with van der Waals surface area (Å²) in [6.07, 6.45) is -2.06. The average Bonchev–Trinajstić information content (AvgIpc) is 2.55. The zero-order chi connectivity index (χ0) is 18.5. The standard InChI is InChI=1S/C14H11F3N4O.CH5N/c15-14(16,17)9-2-10(11(4-18)12(19)3-9)7-1-8(6-22)13(20)21-5-7;1-2/h1-6,18H,19H2,(H2,20,21);2H2,1H3. The Balaban J connectivity index is 0.00000139. The Labute approximate surface area is 136 Å². The lowest BCUT2D eigenvalue weighted by atomic mass is 9.96. The van der Waals surface area contributed by atoms with Gasteiger partial charge >= 0.3 is 6.18 Å². The minimum Gasteiger partial charge on any atom is -0.398 e. The van der Waals surface area contributed by atoms with E-state index in [4.69, 9.17) is 16.9 Å². The van der Waals surface area contributed by atoms with Crippen molar-refractivity contribution < 1.29 is 18.0 Å². The number of nitrogens with zero attached hydrogens (tertiary/aromatic N) is 1. The average molecular weight is 339 g/mol. The Morgan fingerprint density at radius 1 is 1.17 bits per heavy atom. The molecule has 0 radical (unpaired) electrons. The van der Waals surface area contributed by atoms with Crippen LogP contribution in [0.3, 0.4) is 0 Å². The number of nitrogen functional groups attached to an aromatic ring is 2. The highest BCUT2D eigenvalue weighted by Crippen LogP contribution is 2.36. The van der Waals surface area contributed by atoms with E-state index in [1.165, 1.54) is 19.3 Å². The number of benzene rings is 1. The van der Waals surface area contributed by atoms with Crippen LogP contribution in [0.5, 0.6) is 0 Å². The molecular formula is C15H16F3N5O. The highest BCUT2D eigenvalue weighted by Gasteiger charge is 2.32. The Kier molecular flexibility index (Phi) is 6.01. The number of aldehydes is 1. The van der Waals surface area contributed by atoms with Crippen molar-refractivity contribution in [1.82, 2.24) is 4.98 Å². The van der Waals surface area contributed by atoms with Crippen molar-refractivity contribution in [3.05, 3.63) is 41.1 Å². The number of carbonyl (C=O) groups excluding carboxylic acids is 1. The minimum absolute atomic E-state index is 0.0323. The molecule has 1 heterocycles. The molecule has 0 aliphatic rings. The highest BCUT2D eigenvalue weighted by molar-refractivity contribution is 5.96. The van der Waals surface area contributed by atoms with Crippen molar-refractivity contribution in [1.29, 1.82) is 5.41 Å². The van der Waals surface area contributed by atoms with E-state index >= 15 is 0 Å². The molecule has 0 atom stereocenters. The van der Waals surface area contributed by atoms with Crippen LogP contribution in [0.25, 0.3) is 11.1 Å². The minimum atomic E-state index is -4.59. The van der Waals surface area contributed by atoms with Crippen LogP contribution >= 0.6 is 0 Å². The zero-order valence-corrected chi connectivity index (χ0v) is 12.7. The molecule has 9 heteroatoms. The number of pyridine rings is 1. The lowest BCUT2D eigenvalue weighted by molar-refractivity contribution is -0.137. The van der Waals surface area contributed by atoms with Gasteiger partial charge < -0.3 is 22.6 Å². The van der Waals surface area contributed by atoms with Gasteiger partial charge in [-0.2, -0.15) is 13.2 Å². The molecule has 128 valence electrons. The number of rotatable bonds is 3. The molecule has 2 aromatic rings. The van der Waals surface area contributed by atoms with Gasteiger partial charge in [-0.1, -0.05) is 0 Å². The summed E-state index contributed by atoms with van der Waals surface area (Å²) in [7, 11) is 1.50. The third kappa shape index (κ3) is 3.87. The lowest BCUT2D eigenvalue weighted by Gasteiger charge is -2.14. The first-order chi connectivity index (χ1) is 11.3. The maximum atomic E-state index is 12.9. The zero-order valence-electron chi connectivity index (χ0n) is 12.7. The summed E-state index contributed by atoms with van der Waals surface area (Å²) in [4.78, 5) is 14.7. The predicted octanol–water partition coefficient (Wildman–Crippen LogP) is 2.32. The van der Waals surface area contributed by atoms with Gasteiger partial charge in [-0.25, -0.2) is 4.98 Å². The van der Waals surface area contributed by atoms with Crippen LogP contribution in [-0.4, -0.2) is 24.5 Å². The fraction of sp³-hybridized carbons (Fsp3) is 0.133. The van der Waals surface area contributed by atoms with Gasteiger partial charge in [-0.15, -0.1) is 0 Å². The summed E-state index contributed by atoms with van der Waals surface area (Å²) in [6, 6.07) is 2.92. The first-order valence-corrected chi connectivity index (χ1v) is 6.58. The summed E-state index contributed by atoms with van der Waals surface area (Å²) in [5, 5.41) is 7.34. The van der Waals surface area contributed by atoms with Crippen LogP contribution in [-0.2, 0) is 6.18 Å². The second kappa shape index (κ2) is 7.55. The van der Waals surface area contributed by atoms with Crippen molar-refractivity contribution in [2.45, 2.75) is 6.18 Å². The molecule has 0 amide bonds. The van der Waals surface area contributed by atoms with Gasteiger partial charge in [0.1, 0.15) is 5.82 Å². The smallest absolute Gasteiger partial charge is 0.398 e. The van der Waals surface area contributed by atoms with Crippen LogP contribution in [0.4, 0.5) is 24.7 Å². The van der Waals surface area contributed by atoms with Gasteiger partial charge in [0.05, 0.1) is 11.1 Å². The molecule has 24 heavy (non-hydrogen) atoms. The lowest BCUT2D eigenvalue weighted by Crippen LogP contribution is -2.08. The van der Waals surface area contributed by atoms with Crippen molar-refractivity contribution in [3.63, 3.8) is 0 Å². The SMILES string of the molecule is CN.N=Cc1c(N)cc(C(F)(F)F)cc1-c1cnc(N)c(C=O)c1. The van der Waals surface area contributed by atoms with Gasteiger partial charge in [0.2, 0.25) is 0 Å². The van der Waals surface area contributed by atoms with Crippen LogP contribution in [0, 0.1) is 5.41 Å². The molecule has 0 unspecified atom stereocenters. The number of anilines is 2. The van der Waals surface area contributed by atoms with E-state index in [1.807, 2.05) is 0 Å². The number of nitrogens with two attached hydrogens (primary N) is 3. The number of hydrogen-bond donors (Lipinski definition) is 4. The number of hydrogen-bond acceptors (Lipinski definition) is 6. The van der Waals surface area contributed by atoms with Crippen molar-refractivity contribution in [2.24, 2.45) is 5.73 Å². The molecule has 0 bridgehead atoms. The normalized spacial score (nSPS) is 10.5. The van der Waals surface area contributed by atoms with Gasteiger partial charge in [-0.05, 0) is 30.8 Å². The predicted molar refractivity (Wildman–Crippen MR) is 86.9 cm³/mol. The largest absolute Gasteiger partial charge is 0.416 e.